The van der Waals surface area contributed by atoms with Gasteiger partial charge < -0.3 is 14.2 Å². The highest BCUT2D eigenvalue weighted by molar-refractivity contribution is 5.88. The van der Waals surface area contributed by atoms with Crippen LogP contribution in [0.1, 0.15) is 11.1 Å². The molecule has 0 heterocycles. The summed E-state index contributed by atoms with van der Waals surface area (Å²) in [7, 11) is 0. The summed E-state index contributed by atoms with van der Waals surface area (Å²) in [5, 5.41) is 0. The first-order valence-corrected chi connectivity index (χ1v) is 8.98. The minimum atomic E-state index is -0.433. The summed E-state index contributed by atoms with van der Waals surface area (Å²) < 4.78 is 15.6. The number of para-hydroxylation sites is 1. The Labute approximate surface area is 165 Å². The van der Waals surface area contributed by atoms with Crippen LogP contribution in [0.3, 0.4) is 0 Å². The van der Waals surface area contributed by atoms with E-state index in [2.05, 4.69) is 13.2 Å². The molecule has 0 saturated heterocycles. The maximum Gasteiger partial charge on any atom is 0.333 e. The van der Waals surface area contributed by atoms with E-state index in [-0.39, 0.29) is 13.2 Å². The molecular weight excluding hydrogens is 356 g/mol. The molecule has 0 aliphatic carbocycles. The van der Waals surface area contributed by atoms with Gasteiger partial charge >= 0.3 is 11.9 Å². The smallest absolute Gasteiger partial charge is 0.333 e. The van der Waals surface area contributed by atoms with Gasteiger partial charge in [0.15, 0.2) is 0 Å². The van der Waals surface area contributed by atoms with Gasteiger partial charge in [-0.15, -0.1) is 0 Å². The van der Waals surface area contributed by atoms with E-state index in [1.54, 1.807) is 0 Å². The van der Waals surface area contributed by atoms with Crippen molar-refractivity contribution in [3.05, 3.63) is 90.5 Å². The van der Waals surface area contributed by atoms with Crippen LogP contribution in [-0.2, 0) is 31.9 Å². The third kappa shape index (κ3) is 7.50. The second-order valence-corrected chi connectivity index (χ2v) is 6.02. The van der Waals surface area contributed by atoms with Gasteiger partial charge in [0.05, 0.1) is 6.61 Å². The van der Waals surface area contributed by atoms with Gasteiger partial charge in [0, 0.05) is 24.5 Å². The van der Waals surface area contributed by atoms with Crippen LogP contribution in [0.15, 0.2) is 79.4 Å². The van der Waals surface area contributed by atoms with Crippen molar-refractivity contribution in [2.24, 2.45) is 0 Å². The number of hydrogen-bond acceptors (Lipinski definition) is 5. The average Bonchev–Trinajstić information content (AvgIpc) is 2.72. The van der Waals surface area contributed by atoms with Crippen molar-refractivity contribution in [3.8, 4) is 5.75 Å². The standard InChI is InChI=1S/C23H24O5/c1-3-22(24)27-14-13-19-9-11-20(12-10-19)17-18(2)23(25)28-16-15-26-21-7-5-4-6-8-21/h3-12H,1-2,13-17H2. The molecular formula is C23H24O5. The molecule has 2 aromatic carbocycles. The number of benzene rings is 2. The first kappa shape index (κ1) is 21.0. The lowest BCUT2D eigenvalue weighted by Gasteiger charge is -2.09. The second-order valence-electron chi connectivity index (χ2n) is 6.02. The lowest BCUT2D eigenvalue weighted by molar-refractivity contribution is -0.140. The van der Waals surface area contributed by atoms with E-state index < -0.39 is 11.9 Å². The predicted octanol–water partition coefficient (Wildman–Crippen LogP) is 3.68. The summed E-state index contributed by atoms with van der Waals surface area (Å²) in [5.41, 5.74) is 2.37. The van der Waals surface area contributed by atoms with E-state index in [0.717, 1.165) is 23.0 Å². The van der Waals surface area contributed by atoms with E-state index >= 15 is 0 Å². The van der Waals surface area contributed by atoms with E-state index in [0.29, 0.717) is 25.0 Å². The lowest BCUT2D eigenvalue weighted by Crippen LogP contribution is -2.14. The highest BCUT2D eigenvalue weighted by Gasteiger charge is 2.09. The van der Waals surface area contributed by atoms with Gasteiger partial charge in [-0.05, 0) is 23.3 Å². The molecule has 0 unspecified atom stereocenters. The molecule has 0 amide bonds. The molecule has 0 aromatic heterocycles. The van der Waals surface area contributed by atoms with Gasteiger partial charge in [0.2, 0.25) is 0 Å². The number of rotatable bonds is 11. The number of carbonyl (C=O) groups is 2. The highest BCUT2D eigenvalue weighted by atomic mass is 16.6. The zero-order chi connectivity index (χ0) is 20.2. The Morgan fingerprint density at radius 3 is 2.21 bits per heavy atom. The zero-order valence-corrected chi connectivity index (χ0v) is 15.8. The van der Waals surface area contributed by atoms with Crippen molar-refractivity contribution in [1.29, 1.82) is 0 Å². The first-order chi connectivity index (χ1) is 13.6. The average molecular weight is 380 g/mol. The zero-order valence-electron chi connectivity index (χ0n) is 15.8. The molecule has 0 aliphatic rings. The second kappa shape index (κ2) is 11.4. The topological polar surface area (TPSA) is 61.8 Å². The largest absolute Gasteiger partial charge is 0.490 e. The van der Waals surface area contributed by atoms with Gasteiger partial charge in [0.25, 0.3) is 0 Å². The van der Waals surface area contributed by atoms with Crippen LogP contribution in [0.2, 0.25) is 0 Å². The molecule has 0 radical (unpaired) electrons. The fraction of sp³-hybridized carbons (Fsp3) is 0.217. The Kier molecular flexibility index (Phi) is 8.53. The lowest BCUT2D eigenvalue weighted by atomic mass is 10.0. The molecule has 28 heavy (non-hydrogen) atoms. The Balaban J connectivity index is 1.68. The van der Waals surface area contributed by atoms with E-state index in [1.807, 2.05) is 54.6 Å². The van der Waals surface area contributed by atoms with Crippen molar-refractivity contribution in [3.63, 3.8) is 0 Å². The SMILES string of the molecule is C=CC(=O)OCCc1ccc(CC(=C)C(=O)OCCOc2ccccc2)cc1. The Bertz CT molecular complexity index is 794. The summed E-state index contributed by atoms with van der Waals surface area (Å²) >= 11 is 0. The summed E-state index contributed by atoms with van der Waals surface area (Å²) in [5.74, 6) is -0.130. The summed E-state index contributed by atoms with van der Waals surface area (Å²) in [6, 6.07) is 17.0. The Morgan fingerprint density at radius 2 is 1.54 bits per heavy atom. The molecule has 0 bridgehead atoms. The van der Waals surface area contributed by atoms with Crippen LogP contribution in [0.5, 0.6) is 5.75 Å². The van der Waals surface area contributed by atoms with Crippen molar-refractivity contribution in [1.82, 2.24) is 0 Å². The van der Waals surface area contributed by atoms with Crippen LogP contribution in [0, 0.1) is 0 Å². The Morgan fingerprint density at radius 1 is 0.857 bits per heavy atom. The van der Waals surface area contributed by atoms with Crippen molar-refractivity contribution < 1.29 is 23.8 Å². The Hall–Kier alpha value is -3.34. The monoisotopic (exact) mass is 380 g/mol. The third-order valence-corrected chi connectivity index (χ3v) is 3.86. The maximum absolute atomic E-state index is 12.0. The fourth-order valence-electron chi connectivity index (χ4n) is 2.38. The van der Waals surface area contributed by atoms with Gasteiger partial charge in [-0.2, -0.15) is 0 Å². The number of esters is 2. The van der Waals surface area contributed by atoms with Crippen molar-refractivity contribution >= 4 is 11.9 Å². The summed E-state index contributed by atoms with van der Waals surface area (Å²) in [6.45, 7) is 7.90. The summed E-state index contributed by atoms with van der Waals surface area (Å²) in [6.07, 6.45) is 2.16. The molecule has 5 heteroatoms. The molecule has 5 nitrogen and oxygen atoms in total. The van der Waals surface area contributed by atoms with Crippen molar-refractivity contribution in [2.75, 3.05) is 19.8 Å². The molecule has 2 rings (SSSR count). The molecule has 0 spiro atoms. The number of carbonyl (C=O) groups excluding carboxylic acids is 2. The first-order valence-electron chi connectivity index (χ1n) is 8.98. The quantitative estimate of drug-likeness (QED) is 0.338. The minimum Gasteiger partial charge on any atom is -0.490 e. The molecule has 0 atom stereocenters. The van der Waals surface area contributed by atoms with Crippen LogP contribution in [-0.4, -0.2) is 31.8 Å². The van der Waals surface area contributed by atoms with Crippen LogP contribution >= 0.6 is 0 Å². The van der Waals surface area contributed by atoms with Crippen LogP contribution in [0.25, 0.3) is 0 Å². The van der Waals surface area contributed by atoms with Crippen LogP contribution in [0.4, 0.5) is 0 Å². The number of ether oxygens (including phenoxy) is 3. The predicted molar refractivity (Wildman–Crippen MR) is 107 cm³/mol. The van der Waals surface area contributed by atoms with Crippen molar-refractivity contribution in [2.45, 2.75) is 12.8 Å². The normalized spacial score (nSPS) is 10.0. The third-order valence-electron chi connectivity index (χ3n) is 3.86. The fourth-order valence-corrected chi connectivity index (χ4v) is 2.38. The van der Waals surface area contributed by atoms with Gasteiger partial charge in [-0.25, -0.2) is 9.59 Å². The van der Waals surface area contributed by atoms with E-state index in [4.69, 9.17) is 14.2 Å². The molecule has 0 saturated carbocycles. The highest BCUT2D eigenvalue weighted by Crippen LogP contribution is 2.11. The summed E-state index contributed by atoms with van der Waals surface area (Å²) in [4.78, 5) is 23.0. The molecule has 0 fully saturated rings. The maximum atomic E-state index is 12.0. The molecule has 0 aliphatic heterocycles. The molecule has 2 aromatic rings. The minimum absolute atomic E-state index is 0.162. The molecule has 0 N–H and O–H groups in total. The van der Waals surface area contributed by atoms with Gasteiger partial charge in [-0.3, -0.25) is 0 Å². The van der Waals surface area contributed by atoms with Gasteiger partial charge in [-0.1, -0.05) is 55.6 Å². The van der Waals surface area contributed by atoms with E-state index in [1.165, 1.54) is 0 Å². The van der Waals surface area contributed by atoms with Crippen LogP contribution < -0.4 is 4.74 Å². The van der Waals surface area contributed by atoms with Gasteiger partial charge in [0.1, 0.15) is 19.0 Å². The molecule has 146 valence electrons. The van der Waals surface area contributed by atoms with E-state index in [9.17, 15) is 9.59 Å². The number of hydrogen-bond donors (Lipinski definition) is 0.